The third kappa shape index (κ3) is 3.43. The SMILES string of the molecule is CN(C)CCN(C(=O)c1n[nH]c2c1CNCC2)c1ccccc1. The first-order valence-electron chi connectivity index (χ1n) is 7.95. The van der Waals surface area contributed by atoms with Gasteiger partial charge in [-0.15, -0.1) is 0 Å². The monoisotopic (exact) mass is 313 g/mol. The highest BCUT2D eigenvalue weighted by Gasteiger charge is 2.26. The van der Waals surface area contributed by atoms with Crippen molar-refractivity contribution in [3.8, 4) is 0 Å². The van der Waals surface area contributed by atoms with Gasteiger partial charge in [-0.2, -0.15) is 5.10 Å². The molecular formula is C17H23N5O. The van der Waals surface area contributed by atoms with Gasteiger partial charge in [-0.3, -0.25) is 9.89 Å². The van der Waals surface area contributed by atoms with E-state index in [-0.39, 0.29) is 5.91 Å². The van der Waals surface area contributed by atoms with Crippen LogP contribution in [0.2, 0.25) is 0 Å². The lowest BCUT2D eigenvalue weighted by Crippen LogP contribution is -2.38. The fourth-order valence-corrected chi connectivity index (χ4v) is 2.79. The van der Waals surface area contributed by atoms with E-state index in [0.717, 1.165) is 36.5 Å². The van der Waals surface area contributed by atoms with E-state index in [0.29, 0.717) is 18.8 Å². The molecule has 1 aromatic heterocycles. The number of aromatic nitrogens is 2. The summed E-state index contributed by atoms with van der Waals surface area (Å²) in [7, 11) is 4.02. The molecule has 122 valence electrons. The van der Waals surface area contributed by atoms with Crippen LogP contribution in [-0.2, 0) is 13.0 Å². The second-order valence-corrected chi connectivity index (χ2v) is 6.05. The van der Waals surface area contributed by atoms with Gasteiger partial charge in [0.1, 0.15) is 0 Å². The Hall–Kier alpha value is -2.18. The second-order valence-electron chi connectivity index (χ2n) is 6.05. The number of hydrogen-bond donors (Lipinski definition) is 2. The van der Waals surface area contributed by atoms with Crippen molar-refractivity contribution in [3.63, 3.8) is 0 Å². The van der Waals surface area contributed by atoms with Gasteiger partial charge in [-0.05, 0) is 26.2 Å². The van der Waals surface area contributed by atoms with Crippen LogP contribution in [0, 0.1) is 0 Å². The van der Waals surface area contributed by atoms with Crippen LogP contribution in [0.4, 0.5) is 5.69 Å². The number of nitrogens with one attached hydrogen (secondary N) is 2. The molecule has 1 amide bonds. The van der Waals surface area contributed by atoms with Gasteiger partial charge in [0.25, 0.3) is 5.91 Å². The first kappa shape index (κ1) is 15.7. The van der Waals surface area contributed by atoms with Crippen molar-refractivity contribution in [1.82, 2.24) is 20.4 Å². The number of para-hydroxylation sites is 1. The van der Waals surface area contributed by atoms with Gasteiger partial charge in [0.2, 0.25) is 0 Å². The van der Waals surface area contributed by atoms with E-state index in [4.69, 9.17) is 0 Å². The lowest BCUT2D eigenvalue weighted by atomic mass is 10.1. The Morgan fingerprint density at radius 2 is 2.00 bits per heavy atom. The molecule has 2 aromatic rings. The molecule has 6 heteroatoms. The van der Waals surface area contributed by atoms with E-state index >= 15 is 0 Å². The van der Waals surface area contributed by atoms with Crippen molar-refractivity contribution >= 4 is 11.6 Å². The van der Waals surface area contributed by atoms with E-state index in [9.17, 15) is 4.79 Å². The summed E-state index contributed by atoms with van der Waals surface area (Å²) in [5.74, 6) is -0.0424. The van der Waals surface area contributed by atoms with Crippen molar-refractivity contribution in [2.75, 3.05) is 38.6 Å². The van der Waals surface area contributed by atoms with E-state index < -0.39 is 0 Å². The highest BCUT2D eigenvalue weighted by Crippen LogP contribution is 2.21. The van der Waals surface area contributed by atoms with Gasteiger partial charge in [0.15, 0.2) is 5.69 Å². The number of benzene rings is 1. The predicted molar refractivity (Wildman–Crippen MR) is 90.7 cm³/mol. The van der Waals surface area contributed by atoms with E-state index in [1.807, 2.05) is 49.3 Å². The van der Waals surface area contributed by atoms with Crippen LogP contribution in [0.5, 0.6) is 0 Å². The number of fused-ring (bicyclic) bond motifs is 1. The average molecular weight is 313 g/mol. The zero-order chi connectivity index (χ0) is 16.2. The van der Waals surface area contributed by atoms with Crippen LogP contribution >= 0.6 is 0 Å². The summed E-state index contributed by atoms with van der Waals surface area (Å²) in [4.78, 5) is 17.0. The average Bonchev–Trinajstić information content (AvgIpc) is 2.99. The number of carbonyl (C=O) groups is 1. The molecule has 0 fully saturated rings. The third-order valence-electron chi connectivity index (χ3n) is 4.09. The van der Waals surface area contributed by atoms with Crippen molar-refractivity contribution in [2.45, 2.75) is 13.0 Å². The molecule has 0 bridgehead atoms. The van der Waals surface area contributed by atoms with Gasteiger partial charge in [-0.25, -0.2) is 0 Å². The van der Waals surface area contributed by atoms with Gasteiger partial charge in [0.05, 0.1) is 0 Å². The fourth-order valence-electron chi connectivity index (χ4n) is 2.79. The molecule has 1 aliphatic heterocycles. The molecule has 6 nitrogen and oxygen atoms in total. The minimum absolute atomic E-state index is 0.0424. The molecule has 0 saturated carbocycles. The molecule has 0 aliphatic carbocycles. The predicted octanol–water partition coefficient (Wildman–Crippen LogP) is 1.26. The number of aromatic amines is 1. The number of anilines is 1. The van der Waals surface area contributed by atoms with E-state index in [1.165, 1.54) is 0 Å². The minimum atomic E-state index is -0.0424. The lowest BCUT2D eigenvalue weighted by Gasteiger charge is -2.24. The van der Waals surface area contributed by atoms with Gasteiger partial charge < -0.3 is 15.1 Å². The molecule has 2 heterocycles. The van der Waals surface area contributed by atoms with Crippen molar-refractivity contribution in [2.24, 2.45) is 0 Å². The Labute approximate surface area is 136 Å². The second kappa shape index (κ2) is 6.93. The molecule has 1 aliphatic rings. The highest BCUT2D eigenvalue weighted by molar-refractivity contribution is 6.05. The molecule has 23 heavy (non-hydrogen) atoms. The lowest BCUT2D eigenvalue weighted by molar-refractivity contribution is 0.0979. The van der Waals surface area contributed by atoms with Crippen LogP contribution in [0.15, 0.2) is 30.3 Å². The molecule has 3 rings (SSSR count). The Balaban J connectivity index is 1.89. The standard InChI is InChI=1S/C17H23N5O/c1-21(2)10-11-22(13-6-4-3-5-7-13)17(23)16-14-12-18-9-8-15(14)19-20-16/h3-7,18H,8-12H2,1-2H3,(H,19,20). The highest BCUT2D eigenvalue weighted by atomic mass is 16.2. The number of likely N-dealkylation sites (N-methyl/N-ethyl adjacent to an activating group) is 1. The minimum Gasteiger partial charge on any atom is -0.312 e. The largest absolute Gasteiger partial charge is 0.312 e. The first-order chi connectivity index (χ1) is 11.2. The summed E-state index contributed by atoms with van der Waals surface area (Å²) < 4.78 is 0. The van der Waals surface area contributed by atoms with Crippen LogP contribution in [0.1, 0.15) is 21.7 Å². The Kier molecular flexibility index (Phi) is 4.73. The zero-order valence-electron chi connectivity index (χ0n) is 13.7. The maximum atomic E-state index is 13.1. The number of nitrogens with zero attached hydrogens (tertiary/aromatic N) is 3. The fraction of sp³-hybridized carbons (Fsp3) is 0.412. The van der Waals surface area contributed by atoms with Crippen molar-refractivity contribution in [1.29, 1.82) is 0 Å². The number of hydrogen-bond acceptors (Lipinski definition) is 4. The molecule has 0 unspecified atom stereocenters. The number of carbonyl (C=O) groups excluding carboxylic acids is 1. The zero-order valence-corrected chi connectivity index (χ0v) is 13.7. The quantitative estimate of drug-likeness (QED) is 0.872. The molecule has 1 aromatic carbocycles. The third-order valence-corrected chi connectivity index (χ3v) is 4.09. The molecule has 0 radical (unpaired) electrons. The maximum Gasteiger partial charge on any atom is 0.279 e. The molecule has 0 saturated heterocycles. The van der Waals surface area contributed by atoms with Gasteiger partial charge in [-0.1, -0.05) is 18.2 Å². The summed E-state index contributed by atoms with van der Waals surface area (Å²) in [5, 5.41) is 10.6. The summed E-state index contributed by atoms with van der Waals surface area (Å²) in [6, 6.07) is 9.79. The number of rotatable bonds is 5. The van der Waals surface area contributed by atoms with E-state index in [1.54, 1.807) is 0 Å². The molecule has 0 spiro atoms. The molecular weight excluding hydrogens is 290 g/mol. The topological polar surface area (TPSA) is 64.3 Å². The van der Waals surface area contributed by atoms with Crippen molar-refractivity contribution < 1.29 is 4.79 Å². The van der Waals surface area contributed by atoms with Crippen molar-refractivity contribution in [3.05, 3.63) is 47.3 Å². The summed E-state index contributed by atoms with van der Waals surface area (Å²) >= 11 is 0. The van der Waals surface area contributed by atoms with Crippen LogP contribution in [0.3, 0.4) is 0 Å². The maximum absolute atomic E-state index is 13.1. The molecule has 2 N–H and O–H groups in total. The number of H-pyrrole nitrogens is 1. The molecule has 0 atom stereocenters. The number of amides is 1. The smallest absolute Gasteiger partial charge is 0.279 e. The van der Waals surface area contributed by atoms with Gasteiger partial charge in [0, 0.05) is 49.5 Å². The normalized spacial score (nSPS) is 13.9. The van der Waals surface area contributed by atoms with Crippen LogP contribution in [0.25, 0.3) is 0 Å². The summed E-state index contributed by atoms with van der Waals surface area (Å²) in [6.07, 6.45) is 0.888. The Morgan fingerprint density at radius 1 is 1.22 bits per heavy atom. The Morgan fingerprint density at radius 3 is 2.74 bits per heavy atom. The Bertz CT molecular complexity index is 665. The van der Waals surface area contributed by atoms with E-state index in [2.05, 4.69) is 20.4 Å². The van der Waals surface area contributed by atoms with Crippen LogP contribution in [-0.4, -0.2) is 54.7 Å². The van der Waals surface area contributed by atoms with Gasteiger partial charge >= 0.3 is 0 Å². The summed E-state index contributed by atoms with van der Waals surface area (Å²) in [5.41, 5.74) is 3.52. The van der Waals surface area contributed by atoms with Crippen LogP contribution < -0.4 is 10.2 Å². The first-order valence-corrected chi connectivity index (χ1v) is 7.95. The summed E-state index contributed by atoms with van der Waals surface area (Å²) in [6.45, 7) is 3.05.